The lowest BCUT2D eigenvalue weighted by atomic mass is 10.0. The van der Waals surface area contributed by atoms with Crippen LogP contribution in [0, 0.1) is 5.92 Å². The minimum absolute atomic E-state index is 0.0132. The molecular weight excluding hydrogens is 1010 g/mol. The molecule has 1 saturated heterocycles. The third kappa shape index (κ3) is 24.0. The van der Waals surface area contributed by atoms with Crippen LogP contribution >= 0.6 is 30.4 Å². The fourth-order valence-corrected chi connectivity index (χ4v) is 11.1. The first-order chi connectivity index (χ1) is 31.7. The molecule has 1 unspecified atom stereocenters. The van der Waals surface area contributed by atoms with Crippen LogP contribution in [-0.4, -0.2) is 236 Å². The maximum Gasteiger partial charge on any atom is 0.354 e. The van der Waals surface area contributed by atoms with Crippen LogP contribution in [0.25, 0.3) is 0 Å². The minimum Gasteiger partial charge on any atom is -0.480 e. The van der Waals surface area contributed by atoms with Crippen molar-refractivity contribution in [2.45, 2.75) is 23.5 Å². The van der Waals surface area contributed by atoms with Crippen molar-refractivity contribution in [2.24, 2.45) is 5.92 Å². The number of hydrogen-bond donors (Lipinski definition) is 17. The molecule has 0 saturated carbocycles. The second-order valence-corrected chi connectivity index (χ2v) is 23.1. The molecule has 0 radical (unpaired) electrons. The smallest absolute Gasteiger partial charge is 0.354 e. The molecule has 3 amide bonds. The van der Waals surface area contributed by atoms with Crippen LogP contribution in [0.2, 0.25) is 0 Å². The van der Waals surface area contributed by atoms with Gasteiger partial charge in [0.25, 0.3) is 0 Å². The summed E-state index contributed by atoms with van der Waals surface area (Å²) in [5, 5.41) is 48.9. The van der Waals surface area contributed by atoms with Gasteiger partial charge in [-0.25, -0.2) is 0 Å². The van der Waals surface area contributed by atoms with E-state index in [1.54, 1.807) is 10.6 Å². The Balaban J connectivity index is 2.40. The highest BCUT2D eigenvalue weighted by Crippen LogP contribution is 2.59. The Morgan fingerprint density at radius 1 is 0.536 bits per heavy atom. The summed E-state index contributed by atoms with van der Waals surface area (Å²) >= 11 is 0. The zero-order valence-electron chi connectivity index (χ0n) is 36.4. The molecule has 17 N–H and O–H groups in total. The molecule has 0 aliphatic carbocycles. The van der Waals surface area contributed by atoms with Crippen LogP contribution in [0.5, 0.6) is 0 Å². The zero-order valence-corrected chi connectivity index (χ0v) is 39.9. The summed E-state index contributed by atoms with van der Waals surface area (Å²) < 4.78 is 46.4. The lowest BCUT2D eigenvalue weighted by Crippen LogP contribution is -2.53. The largest absolute Gasteiger partial charge is 0.480 e. The molecule has 1 heterocycles. The van der Waals surface area contributed by atoms with Gasteiger partial charge in [-0.2, -0.15) is 0 Å². The molecule has 1 aromatic carbocycles. The lowest BCUT2D eigenvalue weighted by molar-refractivity contribution is -0.142. The van der Waals surface area contributed by atoms with Crippen molar-refractivity contribution in [3.63, 3.8) is 0 Å². The molecule has 32 nitrogen and oxygen atoms in total. The van der Waals surface area contributed by atoms with Crippen LogP contribution in [-0.2, 0) is 58.2 Å². The van der Waals surface area contributed by atoms with Gasteiger partial charge in [-0.3, -0.25) is 82.1 Å². The Morgan fingerprint density at radius 2 is 0.899 bits per heavy atom. The van der Waals surface area contributed by atoms with Gasteiger partial charge in [0.15, 0.2) is 0 Å². The van der Waals surface area contributed by atoms with Crippen LogP contribution in [0.4, 0.5) is 5.69 Å². The summed E-state index contributed by atoms with van der Waals surface area (Å²) in [6, 6.07) is 5.02. The highest BCUT2D eigenvalue weighted by Gasteiger charge is 2.44. The van der Waals surface area contributed by atoms with E-state index in [1.807, 2.05) is 0 Å². The fraction of sp³-hybridized carbons (Fsp3) is 0.606. The van der Waals surface area contributed by atoms with Crippen molar-refractivity contribution in [3.8, 4) is 0 Å². The van der Waals surface area contributed by atoms with Gasteiger partial charge in [-0.15, -0.1) is 0 Å². The quantitative estimate of drug-likeness (QED) is 0.0385. The van der Waals surface area contributed by atoms with E-state index in [0.29, 0.717) is 5.56 Å². The van der Waals surface area contributed by atoms with Gasteiger partial charge in [0.2, 0.25) is 28.8 Å². The number of aliphatic carboxylic acids is 4. The summed E-state index contributed by atoms with van der Waals surface area (Å²) in [5.74, 6) is -9.60. The van der Waals surface area contributed by atoms with Crippen molar-refractivity contribution < 1.29 is 111 Å². The molecule has 2 rings (SSSR count). The van der Waals surface area contributed by atoms with Gasteiger partial charge >= 0.3 is 54.3 Å². The molecule has 1 fully saturated rings. The summed E-state index contributed by atoms with van der Waals surface area (Å²) in [7, 11) is -22.1. The summed E-state index contributed by atoms with van der Waals surface area (Å²) in [4.78, 5) is 167. The van der Waals surface area contributed by atoms with E-state index in [-0.39, 0.29) is 57.9 Å². The second-order valence-electron chi connectivity index (χ2n) is 15.5. The second kappa shape index (κ2) is 27.5. The topological polar surface area (TPSA) is 504 Å². The van der Waals surface area contributed by atoms with Gasteiger partial charge in [0.05, 0.1) is 45.2 Å². The molecule has 36 heteroatoms. The van der Waals surface area contributed by atoms with Crippen molar-refractivity contribution in [1.82, 2.24) is 40.9 Å². The van der Waals surface area contributed by atoms with Crippen LogP contribution < -0.4 is 26.6 Å². The van der Waals surface area contributed by atoms with Gasteiger partial charge in [0, 0.05) is 70.6 Å². The first-order valence-corrected chi connectivity index (χ1v) is 26.9. The Labute approximate surface area is 392 Å². The molecule has 0 spiro atoms. The molecule has 69 heavy (non-hydrogen) atoms. The van der Waals surface area contributed by atoms with Crippen LogP contribution in [0.15, 0.2) is 24.3 Å². The highest BCUT2D eigenvalue weighted by molar-refractivity contribution is 7.71. The average molecular weight is 1070 g/mol. The number of nitrogens with one attached hydrogen (secondary N) is 5. The SMILES string of the molecule is O=C(O)CN1CCN(CC(=O)O)CCN(CC(=O)O)C(Cc2ccc(NC(=O)C(CNC(=O)CNC(P(=O)(O)O)P(=O)(O)O)CNC(=O)CNC(P(=O)(O)O)P(=O)(O)O)cc2)CN(CC(=O)O)CC1. The first-order valence-electron chi connectivity index (χ1n) is 20.1. The van der Waals surface area contributed by atoms with Gasteiger partial charge in [0.1, 0.15) is 0 Å². The van der Waals surface area contributed by atoms with E-state index >= 15 is 0 Å². The number of benzene rings is 1. The van der Waals surface area contributed by atoms with E-state index in [1.165, 1.54) is 43.9 Å². The zero-order chi connectivity index (χ0) is 52.5. The standard InChI is InChI=1S/C33H57N9O23P4/c43-25(14-36-32(66(54,55)56)67(57,58)59)34-12-22(13-35-26(44)15-37-33(68(60,61)62)69(63,64)65)31(53)38-23-3-1-21(2-4-23)11-24-16-41(19-29(49)50)8-7-39(17-27(45)46)5-6-40(18-28(47)48)9-10-42(24)20-30(51)52/h1-4,22,24,32-33,36-37H,5-20H2,(H,34,43)(H,35,44)(H,38,53)(H,45,46)(H,47,48)(H,49,50)(H,51,52)(H2,54,55,56)(H2,57,58,59)(H2,60,61,62)(H2,63,64,65). The van der Waals surface area contributed by atoms with Crippen molar-refractivity contribution in [1.29, 1.82) is 0 Å². The molecule has 0 aromatic heterocycles. The molecule has 1 aromatic rings. The van der Waals surface area contributed by atoms with E-state index in [9.17, 15) is 111 Å². The predicted octanol–water partition coefficient (Wildman–Crippen LogP) is -5.60. The van der Waals surface area contributed by atoms with Gasteiger partial charge < -0.3 is 75.5 Å². The van der Waals surface area contributed by atoms with Gasteiger partial charge in [-0.05, 0) is 24.1 Å². The number of rotatable bonds is 26. The number of hydrogen-bond acceptors (Lipinski definition) is 17. The third-order valence-electron chi connectivity index (χ3n) is 9.89. The molecule has 392 valence electrons. The Bertz CT molecular complexity index is 2040. The van der Waals surface area contributed by atoms with E-state index in [0.717, 1.165) is 0 Å². The maximum atomic E-state index is 13.6. The summed E-state index contributed by atoms with van der Waals surface area (Å²) in [6.45, 7) is -5.30. The monoisotopic (exact) mass is 1070 g/mol. The number of carboxylic acid groups (broad SMARTS) is 4. The molecule has 1 aliphatic heterocycles. The number of carbonyl (C=O) groups is 7. The van der Waals surface area contributed by atoms with Crippen molar-refractivity contribution in [2.75, 3.05) is 103 Å². The number of carbonyl (C=O) groups excluding carboxylic acids is 3. The van der Waals surface area contributed by atoms with Crippen molar-refractivity contribution >= 4 is 77.7 Å². The normalized spacial score (nSPS) is 16.9. The molecule has 1 aliphatic rings. The predicted molar refractivity (Wildman–Crippen MR) is 235 cm³/mol. The summed E-state index contributed by atoms with van der Waals surface area (Å²) in [6.07, 6.45) is 0.0495. The first kappa shape index (κ1) is 61.0. The highest BCUT2D eigenvalue weighted by atomic mass is 31.2. The molecule has 1 atom stereocenters. The van der Waals surface area contributed by atoms with E-state index in [4.69, 9.17) is 0 Å². The van der Waals surface area contributed by atoms with Crippen LogP contribution in [0.3, 0.4) is 0 Å². The van der Waals surface area contributed by atoms with Gasteiger partial charge in [-0.1, -0.05) is 12.1 Å². The maximum absolute atomic E-state index is 13.6. The minimum atomic E-state index is -5.51. The Hall–Kier alpha value is -4.13. The molecule has 0 bridgehead atoms. The average Bonchev–Trinajstić information content (AvgIpc) is 3.17. The third-order valence-corrected chi connectivity index (χ3v) is 16.8. The number of amides is 3. The lowest BCUT2D eigenvalue weighted by Gasteiger charge is -2.37. The summed E-state index contributed by atoms with van der Waals surface area (Å²) in [5.41, 5.74) is -4.98. The fourth-order valence-electron chi connectivity index (χ4n) is 6.69. The number of anilines is 1. The number of carboxylic acids is 4. The Kier molecular flexibility index (Phi) is 24.3. The number of nitrogens with zero attached hydrogens (tertiary/aromatic N) is 4. The van der Waals surface area contributed by atoms with E-state index in [2.05, 4.69) is 16.0 Å². The molecular formula is C33H57N9O23P4. The van der Waals surface area contributed by atoms with E-state index < -0.39 is 147 Å². The van der Waals surface area contributed by atoms with Crippen LogP contribution in [0.1, 0.15) is 5.56 Å². The van der Waals surface area contributed by atoms with Crippen molar-refractivity contribution in [3.05, 3.63) is 29.8 Å². The Morgan fingerprint density at radius 3 is 1.28 bits per heavy atom.